The van der Waals surface area contributed by atoms with Gasteiger partial charge in [0.1, 0.15) is 4.83 Å². The summed E-state index contributed by atoms with van der Waals surface area (Å²) < 4.78 is 1.61. The average molecular weight is 459 g/mol. The Kier molecular flexibility index (Phi) is 4.81. The fourth-order valence-corrected chi connectivity index (χ4v) is 7.08. The zero-order valence-electron chi connectivity index (χ0n) is 17.8. The van der Waals surface area contributed by atoms with E-state index in [1.165, 1.54) is 45.3 Å². The number of nitrogens with zero attached hydrogens (tertiary/aromatic N) is 2. The summed E-state index contributed by atoms with van der Waals surface area (Å²) in [4.78, 5) is 33.0. The summed E-state index contributed by atoms with van der Waals surface area (Å²) >= 11 is 3.00. The molecule has 0 radical (unpaired) electrons. The van der Waals surface area contributed by atoms with Gasteiger partial charge in [-0.3, -0.25) is 14.2 Å². The number of ketones is 1. The Hall–Kier alpha value is -2.70. The first-order chi connectivity index (χ1) is 15.6. The predicted molar refractivity (Wildman–Crippen MR) is 131 cm³/mol. The van der Waals surface area contributed by atoms with Crippen LogP contribution in [0.3, 0.4) is 0 Å². The summed E-state index contributed by atoms with van der Waals surface area (Å²) in [6.45, 7) is 0. The van der Waals surface area contributed by atoms with Crippen molar-refractivity contribution in [3.05, 3.63) is 79.9 Å². The predicted octanol–water partition coefficient (Wildman–Crippen LogP) is 5.42. The first-order valence-corrected chi connectivity index (χ1v) is 12.8. The lowest BCUT2D eigenvalue weighted by molar-refractivity contribution is 0.102. The Bertz CT molecular complexity index is 1460. The van der Waals surface area contributed by atoms with E-state index in [1.54, 1.807) is 23.0 Å². The van der Waals surface area contributed by atoms with E-state index < -0.39 is 0 Å². The number of hydrogen-bond acceptors (Lipinski definition) is 5. The van der Waals surface area contributed by atoms with E-state index in [0.717, 1.165) is 41.5 Å². The summed E-state index contributed by atoms with van der Waals surface area (Å²) in [5.41, 5.74) is 6.90. The Morgan fingerprint density at radius 1 is 1.09 bits per heavy atom. The third-order valence-electron chi connectivity index (χ3n) is 6.61. The van der Waals surface area contributed by atoms with E-state index in [-0.39, 0.29) is 17.1 Å². The summed E-state index contributed by atoms with van der Waals surface area (Å²) in [5, 5.41) is 1.40. The van der Waals surface area contributed by atoms with E-state index in [9.17, 15) is 9.59 Å². The fourth-order valence-electron chi connectivity index (χ4n) is 4.91. The maximum atomic E-state index is 13.1. The minimum absolute atomic E-state index is 0.0125. The number of benzene rings is 2. The first kappa shape index (κ1) is 19.9. The molecular formula is C26H22N2O2S2. The van der Waals surface area contributed by atoms with Crippen molar-refractivity contribution in [3.8, 4) is 11.1 Å². The molecule has 0 unspecified atom stereocenters. The van der Waals surface area contributed by atoms with Crippen molar-refractivity contribution >= 4 is 39.1 Å². The number of aryl methyl sites for hydroxylation is 2. The number of aromatic nitrogens is 2. The second-order valence-electron chi connectivity index (χ2n) is 8.57. The summed E-state index contributed by atoms with van der Waals surface area (Å²) in [5.74, 6) is 0.319. The highest BCUT2D eigenvalue weighted by molar-refractivity contribution is 7.99. The van der Waals surface area contributed by atoms with Gasteiger partial charge in [-0.2, -0.15) is 0 Å². The van der Waals surface area contributed by atoms with Crippen LogP contribution in [-0.4, -0.2) is 21.1 Å². The molecule has 0 fully saturated rings. The van der Waals surface area contributed by atoms with Gasteiger partial charge in [0.25, 0.3) is 5.56 Å². The van der Waals surface area contributed by atoms with Crippen molar-refractivity contribution in [1.82, 2.24) is 9.55 Å². The molecule has 2 heterocycles. The van der Waals surface area contributed by atoms with Gasteiger partial charge >= 0.3 is 0 Å². The molecule has 160 valence electrons. The number of fused-ring (bicyclic) bond motifs is 6. The van der Waals surface area contributed by atoms with Gasteiger partial charge in [-0.05, 0) is 66.0 Å². The highest BCUT2D eigenvalue weighted by atomic mass is 32.2. The molecular weight excluding hydrogens is 436 g/mol. The first-order valence-electron chi connectivity index (χ1n) is 11.0. The Morgan fingerprint density at radius 3 is 2.81 bits per heavy atom. The van der Waals surface area contributed by atoms with Gasteiger partial charge in [-0.25, -0.2) is 4.98 Å². The maximum absolute atomic E-state index is 13.1. The minimum atomic E-state index is 0.0125. The van der Waals surface area contributed by atoms with Gasteiger partial charge in [0.15, 0.2) is 10.9 Å². The van der Waals surface area contributed by atoms with Gasteiger partial charge in [-0.15, -0.1) is 11.3 Å². The molecule has 0 amide bonds. The van der Waals surface area contributed by atoms with Gasteiger partial charge < -0.3 is 0 Å². The van der Waals surface area contributed by atoms with E-state index in [4.69, 9.17) is 4.98 Å². The molecule has 0 saturated heterocycles. The maximum Gasteiger partial charge on any atom is 0.262 e. The van der Waals surface area contributed by atoms with Crippen LogP contribution in [0.5, 0.6) is 0 Å². The van der Waals surface area contributed by atoms with Gasteiger partial charge in [0.2, 0.25) is 0 Å². The molecule has 2 aromatic carbocycles. The molecule has 0 atom stereocenters. The van der Waals surface area contributed by atoms with Crippen LogP contribution in [0.1, 0.15) is 44.8 Å². The Labute approximate surface area is 194 Å². The van der Waals surface area contributed by atoms with Crippen molar-refractivity contribution < 1.29 is 4.79 Å². The average Bonchev–Trinajstić information content (AvgIpc) is 3.37. The summed E-state index contributed by atoms with van der Waals surface area (Å²) in [6.07, 6.45) is 5.26. The van der Waals surface area contributed by atoms with Crippen LogP contribution in [0.4, 0.5) is 0 Å². The Morgan fingerprint density at radius 2 is 1.91 bits per heavy atom. The van der Waals surface area contributed by atoms with Crippen LogP contribution < -0.4 is 5.56 Å². The molecule has 0 N–H and O–H groups in total. The van der Waals surface area contributed by atoms with Crippen LogP contribution in [0, 0.1) is 0 Å². The second kappa shape index (κ2) is 7.71. The number of carbonyl (C=O) groups is 1. The van der Waals surface area contributed by atoms with E-state index in [0.29, 0.717) is 10.7 Å². The van der Waals surface area contributed by atoms with Gasteiger partial charge in [0.05, 0.1) is 11.1 Å². The van der Waals surface area contributed by atoms with Crippen LogP contribution in [0.15, 0.2) is 52.4 Å². The highest BCUT2D eigenvalue weighted by Crippen LogP contribution is 2.37. The molecule has 0 saturated carbocycles. The smallest absolute Gasteiger partial charge is 0.262 e. The molecule has 32 heavy (non-hydrogen) atoms. The Balaban J connectivity index is 1.27. The molecule has 2 aliphatic carbocycles. The molecule has 2 aromatic heterocycles. The van der Waals surface area contributed by atoms with E-state index in [1.807, 2.05) is 18.2 Å². The van der Waals surface area contributed by atoms with Crippen molar-refractivity contribution in [2.75, 3.05) is 5.75 Å². The highest BCUT2D eigenvalue weighted by Gasteiger charge is 2.23. The van der Waals surface area contributed by atoms with Crippen molar-refractivity contribution in [2.24, 2.45) is 7.05 Å². The number of carbonyl (C=O) groups excluding carboxylic acids is 1. The SMILES string of the molecule is Cn1c(SCC(=O)c2ccc3c(c2)-c2ccccc2C3)nc2sc3c(c2c1=O)CCCC3. The van der Waals surface area contributed by atoms with E-state index in [2.05, 4.69) is 24.3 Å². The molecule has 4 aromatic rings. The van der Waals surface area contributed by atoms with Crippen LogP contribution >= 0.6 is 23.1 Å². The number of hydrogen-bond donors (Lipinski definition) is 0. The molecule has 0 aliphatic heterocycles. The number of thiophene rings is 1. The van der Waals surface area contributed by atoms with Crippen molar-refractivity contribution in [2.45, 2.75) is 37.3 Å². The third kappa shape index (κ3) is 3.16. The van der Waals surface area contributed by atoms with Crippen LogP contribution in [0.2, 0.25) is 0 Å². The summed E-state index contributed by atoms with van der Waals surface area (Å²) in [7, 11) is 1.76. The van der Waals surface area contributed by atoms with Crippen molar-refractivity contribution in [3.63, 3.8) is 0 Å². The minimum Gasteiger partial charge on any atom is -0.293 e. The lowest BCUT2D eigenvalue weighted by atomic mass is 9.97. The molecule has 6 rings (SSSR count). The van der Waals surface area contributed by atoms with Gasteiger partial charge in [-0.1, -0.05) is 48.2 Å². The zero-order chi connectivity index (χ0) is 21.8. The van der Waals surface area contributed by atoms with Crippen LogP contribution in [0.25, 0.3) is 21.3 Å². The standard InChI is InChI=1S/C26H22N2O2S2/c1-28-25(30)23-19-8-4-5-9-22(19)32-24(23)27-26(28)31-14-21(29)17-11-10-16-12-15-6-2-3-7-18(15)20(16)13-17/h2-3,6-7,10-11,13H,4-5,8-9,12,14H2,1H3. The lowest BCUT2D eigenvalue weighted by Crippen LogP contribution is -2.21. The number of Topliss-reactive ketones (excluding diaryl/α,β-unsaturated/α-hetero) is 1. The largest absolute Gasteiger partial charge is 0.293 e. The monoisotopic (exact) mass is 458 g/mol. The summed E-state index contributed by atoms with van der Waals surface area (Å²) in [6, 6.07) is 14.4. The molecule has 2 aliphatic rings. The van der Waals surface area contributed by atoms with Crippen molar-refractivity contribution in [1.29, 1.82) is 0 Å². The molecule has 6 heteroatoms. The third-order valence-corrected chi connectivity index (χ3v) is 8.82. The number of rotatable bonds is 4. The van der Waals surface area contributed by atoms with Gasteiger partial charge in [0, 0.05) is 17.5 Å². The topological polar surface area (TPSA) is 52.0 Å². The second-order valence-corrected chi connectivity index (χ2v) is 10.6. The molecule has 0 spiro atoms. The quantitative estimate of drug-likeness (QED) is 0.205. The zero-order valence-corrected chi connectivity index (χ0v) is 19.4. The molecule has 0 bridgehead atoms. The lowest BCUT2D eigenvalue weighted by Gasteiger charge is -2.11. The fraction of sp³-hybridized carbons (Fsp3) is 0.269. The van der Waals surface area contributed by atoms with Crippen LogP contribution in [-0.2, 0) is 26.3 Å². The molecule has 4 nitrogen and oxygen atoms in total. The normalized spacial score (nSPS) is 14.3. The number of thioether (sulfide) groups is 1. The van der Waals surface area contributed by atoms with E-state index >= 15 is 0 Å².